The van der Waals surface area contributed by atoms with Gasteiger partial charge in [0, 0.05) is 13.7 Å². The summed E-state index contributed by atoms with van der Waals surface area (Å²) in [6.07, 6.45) is 14.5. The molecule has 25 heavy (non-hydrogen) atoms. The largest absolute Gasteiger partial charge is 0.393 e. The number of aliphatic hydroxyl groups excluding tert-OH is 1. The molecule has 0 radical (unpaired) electrons. The lowest BCUT2D eigenvalue weighted by Crippen LogP contribution is -2.48. The average Bonchev–Trinajstić information content (AvgIpc) is 2.97. The minimum atomic E-state index is 0.0118. The van der Waals surface area contributed by atoms with Gasteiger partial charge in [0.25, 0.3) is 0 Å². The van der Waals surface area contributed by atoms with Crippen molar-refractivity contribution >= 4 is 0 Å². The highest BCUT2D eigenvalue weighted by Crippen LogP contribution is 2.63. The van der Waals surface area contributed by atoms with E-state index in [-0.39, 0.29) is 6.10 Å². The number of fused-ring (bicyclic) bond motifs is 5. The topological polar surface area (TPSA) is 29.5 Å². The molecular weight excluding hydrogens is 308 g/mol. The van der Waals surface area contributed by atoms with E-state index in [9.17, 15) is 5.11 Å². The molecule has 0 aromatic rings. The van der Waals surface area contributed by atoms with Gasteiger partial charge in [0.15, 0.2) is 0 Å². The third kappa shape index (κ3) is 3.58. The molecule has 4 saturated carbocycles. The van der Waals surface area contributed by atoms with Crippen molar-refractivity contribution in [2.45, 2.75) is 84.7 Å². The lowest BCUT2D eigenvalue weighted by molar-refractivity contribution is -0.0610. The van der Waals surface area contributed by atoms with Crippen LogP contribution in [0.2, 0.25) is 0 Å². The third-order valence-corrected chi connectivity index (χ3v) is 8.41. The predicted molar refractivity (Wildman–Crippen MR) is 104 cm³/mol. The molecule has 0 aromatic heterocycles. The molecule has 1 N–H and O–H groups in total. The van der Waals surface area contributed by atoms with Crippen LogP contribution in [0, 0.1) is 35.0 Å². The Balaban J connectivity index is 0.000000415. The lowest BCUT2D eigenvalue weighted by Gasteiger charge is -2.55. The number of rotatable bonds is 1. The summed E-state index contributed by atoms with van der Waals surface area (Å²) >= 11 is 0. The number of methoxy groups -OCH3 is 1. The standard InChI is InChI=1S/C20H32O.C3H8O/c1-3-14-5-9-19-18-7-4-13-12-15(21)6-8-16(13)17(18)10-11-20(14,19)2;1-3-4-2/h3,13,15-19,21H,4-12H2,1-2H3;3H2,1-2H3/b14-3-;. The molecule has 0 saturated heterocycles. The van der Waals surface area contributed by atoms with Gasteiger partial charge in [0.2, 0.25) is 0 Å². The predicted octanol–water partition coefficient (Wildman–Crippen LogP) is 5.60. The van der Waals surface area contributed by atoms with E-state index in [0.717, 1.165) is 49.0 Å². The molecule has 0 bridgehead atoms. The fraction of sp³-hybridized carbons (Fsp3) is 0.913. The average molecular weight is 349 g/mol. The molecular formula is C23H40O2. The summed E-state index contributed by atoms with van der Waals surface area (Å²) in [6, 6.07) is 0. The summed E-state index contributed by atoms with van der Waals surface area (Å²) in [6.45, 7) is 7.61. The van der Waals surface area contributed by atoms with Gasteiger partial charge in [0.1, 0.15) is 0 Å². The number of aliphatic hydroxyl groups is 1. The van der Waals surface area contributed by atoms with Crippen LogP contribution in [0.3, 0.4) is 0 Å². The second-order valence-electron chi connectivity index (χ2n) is 9.29. The van der Waals surface area contributed by atoms with E-state index in [0.29, 0.717) is 5.41 Å². The fourth-order valence-electron chi connectivity index (χ4n) is 7.15. The smallest absolute Gasteiger partial charge is 0.0543 e. The zero-order valence-corrected chi connectivity index (χ0v) is 17.0. The van der Waals surface area contributed by atoms with Crippen LogP contribution in [0.1, 0.15) is 78.6 Å². The Morgan fingerprint density at radius 1 is 1.08 bits per heavy atom. The highest BCUT2D eigenvalue weighted by molar-refractivity contribution is 5.23. The van der Waals surface area contributed by atoms with Gasteiger partial charge >= 0.3 is 0 Å². The van der Waals surface area contributed by atoms with Crippen molar-refractivity contribution in [1.29, 1.82) is 0 Å². The van der Waals surface area contributed by atoms with E-state index < -0.39 is 0 Å². The van der Waals surface area contributed by atoms with Crippen molar-refractivity contribution in [2.75, 3.05) is 13.7 Å². The van der Waals surface area contributed by atoms with Crippen LogP contribution in [-0.4, -0.2) is 24.9 Å². The number of hydrogen-bond acceptors (Lipinski definition) is 2. The molecule has 144 valence electrons. The van der Waals surface area contributed by atoms with Crippen molar-refractivity contribution in [1.82, 2.24) is 0 Å². The van der Waals surface area contributed by atoms with Crippen LogP contribution >= 0.6 is 0 Å². The molecule has 4 rings (SSSR count). The van der Waals surface area contributed by atoms with Gasteiger partial charge in [-0.3, -0.25) is 0 Å². The molecule has 0 spiro atoms. The molecule has 4 fully saturated rings. The second kappa shape index (κ2) is 8.13. The van der Waals surface area contributed by atoms with Crippen molar-refractivity contribution in [3.8, 4) is 0 Å². The van der Waals surface area contributed by atoms with Crippen molar-refractivity contribution < 1.29 is 9.84 Å². The molecule has 4 aliphatic carbocycles. The van der Waals surface area contributed by atoms with Crippen LogP contribution in [0.25, 0.3) is 0 Å². The fourth-order valence-corrected chi connectivity index (χ4v) is 7.15. The molecule has 0 heterocycles. The first-order valence-electron chi connectivity index (χ1n) is 10.9. The number of hydrogen-bond donors (Lipinski definition) is 1. The van der Waals surface area contributed by atoms with Crippen LogP contribution in [0.4, 0.5) is 0 Å². The Labute approximate surface area is 155 Å². The van der Waals surface area contributed by atoms with E-state index in [1.807, 2.05) is 6.92 Å². The van der Waals surface area contributed by atoms with Gasteiger partial charge in [-0.15, -0.1) is 0 Å². The van der Waals surface area contributed by atoms with E-state index >= 15 is 0 Å². The highest BCUT2D eigenvalue weighted by atomic mass is 16.5. The Bertz CT molecular complexity index is 469. The Morgan fingerprint density at radius 3 is 2.48 bits per heavy atom. The molecule has 0 aromatic carbocycles. The zero-order chi connectivity index (χ0) is 18.0. The van der Waals surface area contributed by atoms with E-state index in [1.54, 1.807) is 12.7 Å². The van der Waals surface area contributed by atoms with Crippen LogP contribution < -0.4 is 0 Å². The molecule has 7 atom stereocenters. The first kappa shape index (κ1) is 19.4. The Kier molecular flexibility index (Phi) is 6.31. The monoisotopic (exact) mass is 348 g/mol. The third-order valence-electron chi connectivity index (χ3n) is 8.41. The normalized spacial score (nSPS) is 47.3. The first-order valence-corrected chi connectivity index (χ1v) is 10.9. The summed E-state index contributed by atoms with van der Waals surface area (Å²) in [4.78, 5) is 0. The number of allylic oxidation sites excluding steroid dienone is 2. The van der Waals surface area contributed by atoms with Gasteiger partial charge in [-0.05, 0) is 107 Å². The minimum Gasteiger partial charge on any atom is -0.393 e. The summed E-state index contributed by atoms with van der Waals surface area (Å²) < 4.78 is 4.54. The molecule has 4 aliphatic rings. The molecule has 0 amide bonds. The Hall–Kier alpha value is -0.340. The first-order chi connectivity index (χ1) is 12.0. The van der Waals surface area contributed by atoms with Gasteiger partial charge in [-0.1, -0.05) is 18.6 Å². The molecule has 0 aliphatic heterocycles. The lowest BCUT2D eigenvalue weighted by atomic mass is 9.50. The van der Waals surface area contributed by atoms with Gasteiger partial charge < -0.3 is 9.84 Å². The van der Waals surface area contributed by atoms with E-state index in [4.69, 9.17) is 0 Å². The maximum absolute atomic E-state index is 9.99. The summed E-state index contributed by atoms with van der Waals surface area (Å²) in [7, 11) is 1.68. The quantitative estimate of drug-likeness (QED) is 0.625. The maximum Gasteiger partial charge on any atom is 0.0543 e. The maximum atomic E-state index is 9.99. The minimum absolute atomic E-state index is 0.0118. The van der Waals surface area contributed by atoms with Gasteiger partial charge in [0.05, 0.1) is 6.10 Å². The van der Waals surface area contributed by atoms with Crippen molar-refractivity contribution in [3.63, 3.8) is 0 Å². The summed E-state index contributed by atoms with van der Waals surface area (Å²) in [5.74, 6) is 4.76. The molecule has 7 unspecified atom stereocenters. The molecule has 2 nitrogen and oxygen atoms in total. The van der Waals surface area contributed by atoms with Crippen LogP contribution in [-0.2, 0) is 4.74 Å². The summed E-state index contributed by atoms with van der Waals surface area (Å²) in [5, 5.41) is 9.99. The van der Waals surface area contributed by atoms with Crippen LogP contribution in [0.15, 0.2) is 11.6 Å². The zero-order valence-electron chi connectivity index (χ0n) is 17.0. The molecule has 2 heteroatoms. The van der Waals surface area contributed by atoms with E-state index in [2.05, 4.69) is 24.7 Å². The summed E-state index contributed by atoms with van der Waals surface area (Å²) in [5.41, 5.74) is 2.31. The van der Waals surface area contributed by atoms with Gasteiger partial charge in [-0.2, -0.15) is 0 Å². The van der Waals surface area contributed by atoms with Gasteiger partial charge in [-0.25, -0.2) is 0 Å². The van der Waals surface area contributed by atoms with Crippen molar-refractivity contribution in [3.05, 3.63) is 11.6 Å². The Morgan fingerprint density at radius 2 is 1.80 bits per heavy atom. The van der Waals surface area contributed by atoms with E-state index in [1.165, 1.54) is 44.9 Å². The van der Waals surface area contributed by atoms with Crippen LogP contribution in [0.5, 0.6) is 0 Å². The highest BCUT2D eigenvalue weighted by Gasteiger charge is 2.54. The number of ether oxygens (including phenoxy) is 1. The second-order valence-corrected chi connectivity index (χ2v) is 9.29. The SMILES string of the molecule is C/C=C1/CCC2C3CCC4CC(O)CCC4C3CCC12C.CCOC. The van der Waals surface area contributed by atoms with Crippen molar-refractivity contribution in [2.24, 2.45) is 35.0 Å².